The molecule has 0 radical (unpaired) electrons. The van der Waals surface area contributed by atoms with Gasteiger partial charge < -0.3 is 20.1 Å². The van der Waals surface area contributed by atoms with Gasteiger partial charge in [0.15, 0.2) is 0 Å². The second kappa shape index (κ2) is 4.94. The zero-order chi connectivity index (χ0) is 13.1. The van der Waals surface area contributed by atoms with Gasteiger partial charge in [0, 0.05) is 6.42 Å². The standard InChI is InChI=1S/C11H12O6/c1-2-11(15,16)17-10(14)8-5-3-7(4-6-8)9(12)13/h3-6,15-16H,2H2,1H3,(H,12,13). The molecule has 0 fully saturated rings. The van der Waals surface area contributed by atoms with Crippen LogP contribution in [-0.4, -0.2) is 33.2 Å². The second-order valence-corrected chi connectivity index (χ2v) is 3.37. The molecule has 0 saturated heterocycles. The van der Waals surface area contributed by atoms with Crippen molar-refractivity contribution in [2.45, 2.75) is 19.3 Å². The average molecular weight is 240 g/mol. The Labute approximate surface area is 97.1 Å². The van der Waals surface area contributed by atoms with Gasteiger partial charge in [0.2, 0.25) is 0 Å². The summed E-state index contributed by atoms with van der Waals surface area (Å²) in [6.07, 6.45) is -0.175. The summed E-state index contributed by atoms with van der Waals surface area (Å²) in [5.74, 6) is -4.56. The fourth-order valence-electron chi connectivity index (χ4n) is 1.03. The minimum Gasteiger partial charge on any atom is -0.478 e. The highest BCUT2D eigenvalue weighted by atomic mass is 16.8. The maximum absolute atomic E-state index is 11.4. The smallest absolute Gasteiger partial charge is 0.342 e. The number of hydrogen-bond donors (Lipinski definition) is 3. The minimum absolute atomic E-state index is 0.0244. The molecular weight excluding hydrogens is 228 g/mol. The van der Waals surface area contributed by atoms with Crippen LogP contribution in [0.1, 0.15) is 34.1 Å². The second-order valence-electron chi connectivity index (χ2n) is 3.37. The summed E-state index contributed by atoms with van der Waals surface area (Å²) < 4.78 is 4.40. The molecule has 0 atom stereocenters. The molecule has 3 N–H and O–H groups in total. The van der Waals surface area contributed by atoms with Gasteiger partial charge in [-0.15, -0.1) is 0 Å². The van der Waals surface area contributed by atoms with Gasteiger partial charge in [0.05, 0.1) is 11.1 Å². The van der Waals surface area contributed by atoms with Crippen molar-refractivity contribution in [3.05, 3.63) is 35.4 Å². The molecular formula is C11H12O6. The molecule has 1 aromatic rings. The number of carbonyl (C=O) groups is 2. The van der Waals surface area contributed by atoms with E-state index in [1.54, 1.807) is 0 Å². The minimum atomic E-state index is -2.51. The lowest BCUT2D eigenvalue weighted by molar-refractivity contribution is -0.308. The summed E-state index contributed by atoms with van der Waals surface area (Å²) in [5, 5.41) is 26.9. The van der Waals surface area contributed by atoms with Crippen LogP contribution in [0.5, 0.6) is 0 Å². The number of hydrogen-bond acceptors (Lipinski definition) is 5. The Morgan fingerprint density at radius 2 is 1.65 bits per heavy atom. The van der Waals surface area contributed by atoms with Gasteiger partial charge in [-0.25, -0.2) is 9.59 Å². The topological polar surface area (TPSA) is 104 Å². The Balaban J connectivity index is 2.80. The third-order valence-corrected chi connectivity index (χ3v) is 2.08. The lowest BCUT2D eigenvalue weighted by atomic mass is 10.1. The van der Waals surface area contributed by atoms with Crippen molar-refractivity contribution in [3.63, 3.8) is 0 Å². The van der Waals surface area contributed by atoms with Crippen molar-refractivity contribution in [2.75, 3.05) is 0 Å². The van der Waals surface area contributed by atoms with Crippen LogP contribution >= 0.6 is 0 Å². The predicted octanol–water partition coefficient (Wildman–Crippen LogP) is 0.590. The van der Waals surface area contributed by atoms with Crippen LogP contribution in [0.3, 0.4) is 0 Å². The summed E-state index contributed by atoms with van der Waals surface area (Å²) in [6, 6.07) is 4.91. The zero-order valence-corrected chi connectivity index (χ0v) is 9.08. The number of aliphatic hydroxyl groups is 2. The third-order valence-electron chi connectivity index (χ3n) is 2.08. The quantitative estimate of drug-likeness (QED) is 0.525. The van der Waals surface area contributed by atoms with Gasteiger partial charge in [0.25, 0.3) is 0 Å². The van der Waals surface area contributed by atoms with Gasteiger partial charge >= 0.3 is 17.9 Å². The molecule has 1 aromatic carbocycles. The molecule has 0 aliphatic carbocycles. The van der Waals surface area contributed by atoms with Crippen molar-refractivity contribution in [3.8, 4) is 0 Å². The highest BCUT2D eigenvalue weighted by Gasteiger charge is 2.26. The maximum atomic E-state index is 11.4. The summed E-state index contributed by atoms with van der Waals surface area (Å²) in [7, 11) is 0. The maximum Gasteiger partial charge on any atom is 0.342 e. The van der Waals surface area contributed by atoms with Crippen molar-refractivity contribution in [2.24, 2.45) is 0 Å². The first-order chi connectivity index (χ1) is 7.85. The van der Waals surface area contributed by atoms with Crippen LogP contribution in [-0.2, 0) is 4.74 Å². The number of rotatable bonds is 4. The number of benzene rings is 1. The normalized spacial score (nSPS) is 11.0. The van der Waals surface area contributed by atoms with E-state index in [9.17, 15) is 9.59 Å². The summed E-state index contributed by atoms with van der Waals surface area (Å²) in [5.41, 5.74) is 0.0622. The molecule has 0 aliphatic rings. The molecule has 92 valence electrons. The molecule has 1 rings (SSSR count). The number of esters is 1. The summed E-state index contributed by atoms with van der Waals surface area (Å²) >= 11 is 0. The first kappa shape index (κ1) is 13.1. The van der Waals surface area contributed by atoms with Crippen LogP contribution in [0.25, 0.3) is 0 Å². The summed E-state index contributed by atoms with van der Waals surface area (Å²) in [6.45, 7) is 1.43. The Hall–Kier alpha value is -1.92. The van der Waals surface area contributed by atoms with Crippen molar-refractivity contribution in [1.29, 1.82) is 0 Å². The van der Waals surface area contributed by atoms with Gasteiger partial charge in [-0.2, -0.15) is 0 Å². The van der Waals surface area contributed by atoms with E-state index < -0.39 is 17.9 Å². The lowest BCUT2D eigenvalue weighted by Gasteiger charge is -2.19. The Bertz CT molecular complexity index is 420. The van der Waals surface area contributed by atoms with Gasteiger partial charge in [-0.1, -0.05) is 6.92 Å². The molecule has 0 unspecified atom stereocenters. The van der Waals surface area contributed by atoms with E-state index in [1.165, 1.54) is 31.2 Å². The molecule has 0 aromatic heterocycles. The molecule has 0 aliphatic heterocycles. The Kier molecular flexibility index (Phi) is 3.82. The van der Waals surface area contributed by atoms with Crippen LogP contribution in [0.4, 0.5) is 0 Å². The molecule has 0 spiro atoms. The molecule has 6 nitrogen and oxygen atoms in total. The molecule has 0 amide bonds. The van der Waals surface area contributed by atoms with E-state index >= 15 is 0 Å². The molecule has 6 heteroatoms. The fraction of sp³-hybridized carbons (Fsp3) is 0.273. The van der Waals surface area contributed by atoms with E-state index in [2.05, 4.69) is 4.74 Å². The van der Waals surface area contributed by atoms with Crippen LogP contribution in [0.2, 0.25) is 0 Å². The third kappa shape index (κ3) is 3.54. The number of ether oxygens (including phenoxy) is 1. The van der Waals surface area contributed by atoms with E-state index in [0.717, 1.165) is 0 Å². The average Bonchev–Trinajstić information content (AvgIpc) is 2.28. The number of aromatic carboxylic acids is 1. The largest absolute Gasteiger partial charge is 0.478 e. The van der Waals surface area contributed by atoms with Crippen molar-refractivity contribution >= 4 is 11.9 Å². The molecule has 17 heavy (non-hydrogen) atoms. The molecule has 0 heterocycles. The fourth-order valence-corrected chi connectivity index (χ4v) is 1.03. The Morgan fingerprint density at radius 3 is 2.06 bits per heavy atom. The molecule has 0 bridgehead atoms. The van der Waals surface area contributed by atoms with Gasteiger partial charge in [-0.05, 0) is 24.3 Å². The monoisotopic (exact) mass is 240 g/mol. The van der Waals surface area contributed by atoms with Crippen LogP contribution in [0, 0.1) is 0 Å². The van der Waals surface area contributed by atoms with E-state index in [1.807, 2.05) is 0 Å². The predicted molar refractivity (Wildman–Crippen MR) is 56.3 cm³/mol. The van der Waals surface area contributed by atoms with Crippen molar-refractivity contribution < 1.29 is 29.6 Å². The van der Waals surface area contributed by atoms with Gasteiger partial charge in [0.1, 0.15) is 0 Å². The Morgan fingerprint density at radius 1 is 1.18 bits per heavy atom. The van der Waals surface area contributed by atoms with Crippen LogP contribution in [0.15, 0.2) is 24.3 Å². The number of carbonyl (C=O) groups excluding carboxylic acids is 1. The highest BCUT2D eigenvalue weighted by molar-refractivity contribution is 5.92. The van der Waals surface area contributed by atoms with E-state index in [-0.39, 0.29) is 17.5 Å². The van der Waals surface area contributed by atoms with E-state index in [4.69, 9.17) is 15.3 Å². The molecule has 0 saturated carbocycles. The lowest BCUT2D eigenvalue weighted by Crippen LogP contribution is -2.33. The first-order valence-electron chi connectivity index (χ1n) is 4.87. The number of carboxylic acid groups (broad SMARTS) is 1. The first-order valence-corrected chi connectivity index (χ1v) is 4.87. The van der Waals surface area contributed by atoms with Gasteiger partial charge in [-0.3, -0.25) is 0 Å². The summed E-state index contributed by atoms with van der Waals surface area (Å²) in [4.78, 5) is 22.0. The highest BCUT2D eigenvalue weighted by Crippen LogP contribution is 2.12. The number of carboxylic acids is 1. The van der Waals surface area contributed by atoms with E-state index in [0.29, 0.717) is 0 Å². The van der Waals surface area contributed by atoms with Crippen LogP contribution < -0.4 is 0 Å². The van der Waals surface area contributed by atoms with Crippen molar-refractivity contribution in [1.82, 2.24) is 0 Å². The zero-order valence-electron chi connectivity index (χ0n) is 9.08. The SMILES string of the molecule is CCC(O)(O)OC(=O)c1ccc(C(=O)O)cc1.